The van der Waals surface area contributed by atoms with Crippen molar-refractivity contribution < 1.29 is 19.1 Å². The van der Waals surface area contributed by atoms with Gasteiger partial charge in [-0.2, -0.15) is 0 Å². The molecule has 31 heavy (non-hydrogen) atoms. The van der Waals surface area contributed by atoms with Crippen molar-refractivity contribution in [1.82, 2.24) is 9.88 Å². The first-order valence-corrected chi connectivity index (χ1v) is 10.3. The summed E-state index contributed by atoms with van der Waals surface area (Å²) in [6, 6.07) is 18.6. The first-order chi connectivity index (χ1) is 15.0. The number of nitrogens with zero attached hydrogens (tertiary/aromatic N) is 2. The number of benzene rings is 3. The highest BCUT2D eigenvalue weighted by Gasteiger charge is 2.41. The maximum atomic E-state index is 13.4. The molecule has 0 radical (unpaired) electrons. The van der Waals surface area contributed by atoms with E-state index < -0.39 is 17.6 Å². The standard InChI is InChI=1S/C24H15FN2O3S/c25-15-10-8-14(9-11-15)13-27-23(29)18-19(24(27)30)22(31-16-5-2-1-3-6-16)17-7-4-12-26-20(17)21(18)28/h1-12,28H,13H2. The lowest BCUT2D eigenvalue weighted by atomic mass is 10.0. The molecule has 1 aromatic heterocycles. The molecule has 0 fully saturated rings. The van der Waals surface area contributed by atoms with Gasteiger partial charge in [-0.15, -0.1) is 0 Å². The average molecular weight is 430 g/mol. The van der Waals surface area contributed by atoms with Crippen molar-refractivity contribution in [3.8, 4) is 5.75 Å². The highest BCUT2D eigenvalue weighted by molar-refractivity contribution is 7.99. The van der Waals surface area contributed by atoms with Crippen LogP contribution >= 0.6 is 11.8 Å². The number of halogens is 1. The van der Waals surface area contributed by atoms with Crippen LogP contribution in [0.3, 0.4) is 0 Å². The summed E-state index contributed by atoms with van der Waals surface area (Å²) < 4.78 is 13.3. The van der Waals surface area contributed by atoms with Crippen molar-refractivity contribution in [3.63, 3.8) is 0 Å². The number of phenols is 1. The van der Waals surface area contributed by atoms with Crippen LogP contribution in [0, 0.1) is 5.82 Å². The Morgan fingerprint density at radius 3 is 2.35 bits per heavy atom. The molecule has 5 rings (SSSR count). The van der Waals surface area contributed by atoms with Gasteiger partial charge in [0.2, 0.25) is 0 Å². The number of aromatic hydroxyl groups is 1. The van der Waals surface area contributed by atoms with E-state index in [-0.39, 0.29) is 28.9 Å². The maximum absolute atomic E-state index is 13.4. The molecule has 2 amide bonds. The lowest BCUT2D eigenvalue weighted by Crippen LogP contribution is -2.29. The Balaban J connectivity index is 1.67. The van der Waals surface area contributed by atoms with Crippen molar-refractivity contribution in [2.45, 2.75) is 16.3 Å². The molecule has 1 N–H and O–H groups in total. The molecule has 0 spiro atoms. The fourth-order valence-corrected chi connectivity index (χ4v) is 4.76. The Labute approximate surface area is 181 Å². The van der Waals surface area contributed by atoms with Crippen LogP contribution in [0.25, 0.3) is 10.9 Å². The van der Waals surface area contributed by atoms with E-state index >= 15 is 0 Å². The van der Waals surface area contributed by atoms with Gasteiger partial charge >= 0.3 is 0 Å². The fourth-order valence-electron chi connectivity index (χ4n) is 3.67. The Bertz CT molecular complexity index is 1340. The van der Waals surface area contributed by atoms with E-state index in [1.807, 2.05) is 30.3 Å². The third-order valence-corrected chi connectivity index (χ3v) is 6.26. The van der Waals surface area contributed by atoms with Crippen LogP contribution in [0.1, 0.15) is 26.3 Å². The van der Waals surface area contributed by atoms with Crippen LogP contribution < -0.4 is 0 Å². The number of amides is 2. The quantitative estimate of drug-likeness (QED) is 0.460. The van der Waals surface area contributed by atoms with E-state index in [4.69, 9.17) is 0 Å². The third kappa shape index (κ3) is 3.23. The van der Waals surface area contributed by atoms with Crippen molar-refractivity contribution in [2.24, 2.45) is 0 Å². The summed E-state index contributed by atoms with van der Waals surface area (Å²) in [5, 5.41) is 11.4. The number of rotatable bonds is 4. The second-order valence-electron chi connectivity index (χ2n) is 7.07. The first kappa shape index (κ1) is 19.3. The summed E-state index contributed by atoms with van der Waals surface area (Å²) in [6.07, 6.45) is 1.53. The Kier molecular flexibility index (Phi) is 4.67. The van der Waals surface area contributed by atoms with E-state index in [9.17, 15) is 19.1 Å². The molecule has 0 bridgehead atoms. The summed E-state index contributed by atoms with van der Waals surface area (Å²) in [5.41, 5.74) is 0.996. The molecule has 0 aliphatic carbocycles. The van der Waals surface area contributed by atoms with Gasteiger partial charge in [0.15, 0.2) is 5.75 Å². The van der Waals surface area contributed by atoms with Crippen molar-refractivity contribution in [2.75, 3.05) is 0 Å². The van der Waals surface area contributed by atoms with Gasteiger partial charge in [-0.25, -0.2) is 4.39 Å². The Morgan fingerprint density at radius 1 is 0.903 bits per heavy atom. The van der Waals surface area contributed by atoms with E-state index in [2.05, 4.69) is 4.98 Å². The van der Waals surface area contributed by atoms with Crippen LogP contribution in [0.15, 0.2) is 82.7 Å². The molecule has 7 heteroatoms. The van der Waals surface area contributed by atoms with Gasteiger partial charge in [0, 0.05) is 21.4 Å². The smallest absolute Gasteiger partial charge is 0.265 e. The predicted molar refractivity (Wildman–Crippen MR) is 115 cm³/mol. The summed E-state index contributed by atoms with van der Waals surface area (Å²) in [4.78, 5) is 33.3. The zero-order valence-corrected chi connectivity index (χ0v) is 16.9. The fraction of sp³-hybridized carbons (Fsp3) is 0.0417. The number of imide groups is 1. The lowest BCUT2D eigenvalue weighted by molar-refractivity contribution is 0.0640. The number of hydrogen-bond donors (Lipinski definition) is 1. The molecule has 2 heterocycles. The first-order valence-electron chi connectivity index (χ1n) is 9.52. The van der Waals surface area contributed by atoms with E-state index in [0.717, 1.165) is 9.80 Å². The predicted octanol–water partition coefficient (Wildman–Crippen LogP) is 5.03. The molecule has 5 nitrogen and oxygen atoms in total. The minimum atomic E-state index is -0.593. The summed E-state index contributed by atoms with van der Waals surface area (Å²) in [5.74, 6) is -1.79. The molecule has 1 aliphatic rings. The Hall–Kier alpha value is -3.71. The average Bonchev–Trinajstić information content (AvgIpc) is 3.04. The Morgan fingerprint density at radius 2 is 1.61 bits per heavy atom. The van der Waals surface area contributed by atoms with E-state index in [1.54, 1.807) is 12.1 Å². The molecule has 4 aromatic rings. The summed E-state index contributed by atoms with van der Waals surface area (Å²) >= 11 is 1.35. The van der Waals surface area contributed by atoms with Gasteiger partial charge in [0.05, 0.1) is 17.7 Å². The largest absolute Gasteiger partial charge is 0.505 e. The molecule has 0 atom stereocenters. The molecule has 1 aliphatic heterocycles. The highest BCUT2D eigenvalue weighted by atomic mass is 32.2. The third-order valence-electron chi connectivity index (χ3n) is 5.13. The maximum Gasteiger partial charge on any atom is 0.265 e. The van der Waals surface area contributed by atoms with Gasteiger partial charge in [0.25, 0.3) is 11.8 Å². The van der Waals surface area contributed by atoms with Crippen LogP contribution in [-0.2, 0) is 6.54 Å². The molecular weight excluding hydrogens is 415 g/mol. The molecular formula is C24H15FN2O3S. The van der Waals surface area contributed by atoms with Crippen molar-refractivity contribution >= 4 is 34.5 Å². The molecule has 3 aromatic carbocycles. The minimum Gasteiger partial charge on any atom is -0.505 e. The number of aromatic nitrogens is 1. The van der Waals surface area contributed by atoms with Crippen molar-refractivity contribution in [1.29, 1.82) is 0 Å². The van der Waals surface area contributed by atoms with Gasteiger partial charge in [-0.3, -0.25) is 19.5 Å². The SMILES string of the molecule is O=C1c2c(c(O)c3ncccc3c2Sc2ccccc2)C(=O)N1Cc1ccc(F)cc1. The number of phenolic OH excluding ortho intramolecular Hbond substituents is 1. The topological polar surface area (TPSA) is 70.5 Å². The van der Waals surface area contributed by atoms with Gasteiger partial charge < -0.3 is 5.11 Å². The normalized spacial score (nSPS) is 13.1. The highest BCUT2D eigenvalue weighted by Crippen LogP contribution is 2.45. The number of carbonyl (C=O) groups excluding carboxylic acids is 2. The van der Waals surface area contributed by atoms with Crippen LogP contribution in [0.2, 0.25) is 0 Å². The van der Waals surface area contributed by atoms with Crippen LogP contribution in [0.4, 0.5) is 4.39 Å². The number of fused-ring (bicyclic) bond motifs is 2. The summed E-state index contributed by atoms with van der Waals surface area (Å²) in [6.45, 7) is -0.0225. The number of hydrogen-bond acceptors (Lipinski definition) is 5. The molecule has 0 saturated carbocycles. The second kappa shape index (κ2) is 7.52. The molecule has 152 valence electrons. The number of carbonyl (C=O) groups is 2. The lowest BCUT2D eigenvalue weighted by Gasteiger charge is -2.14. The monoisotopic (exact) mass is 430 g/mol. The van der Waals surface area contributed by atoms with Gasteiger partial charge in [-0.1, -0.05) is 42.1 Å². The van der Waals surface area contributed by atoms with E-state index in [1.165, 1.54) is 42.2 Å². The van der Waals surface area contributed by atoms with E-state index in [0.29, 0.717) is 15.8 Å². The van der Waals surface area contributed by atoms with Crippen LogP contribution in [-0.4, -0.2) is 26.8 Å². The zero-order chi connectivity index (χ0) is 21.5. The zero-order valence-electron chi connectivity index (χ0n) is 16.1. The summed E-state index contributed by atoms with van der Waals surface area (Å²) in [7, 11) is 0. The van der Waals surface area contributed by atoms with Crippen LogP contribution in [0.5, 0.6) is 5.75 Å². The second-order valence-corrected chi connectivity index (χ2v) is 8.15. The van der Waals surface area contributed by atoms with Gasteiger partial charge in [-0.05, 0) is 42.0 Å². The van der Waals surface area contributed by atoms with Gasteiger partial charge in [0.1, 0.15) is 11.3 Å². The molecule has 0 saturated heterocycles. The number of pyridine rings is 1. The van der Waals surface area contributed by atoms with Crippen molar-refractivity contribution in [3.05, 3.63) is 95.4 Å². The molecule has 0 unspecified atom stereocenters. The minimum absolute atomic E-state index is 0.0225.